The van der Waals surface area contributed by atoms with Gasteiger partial charge in [-0.15, -0.1) is 0 Å². The molecule has 0 aliphatic carbocycles. The molecule has 1 fully saturated rings. The normalized spacial score (nSPS) is 15.2. The zero-order valence-corrected chi connectivity index (χ0v) is 19.5. The van der Waals surface area contributed by atoms with Crippen molar-refractivity contribution in [1.82, 2.24) is 9.88 Å². The lowest BCUT2D eigenvalue weighted by atomic mass is 10.1. The molecule has 7 nitrogen and oxygen atoms in total. The molecule has 2 heterocycles. The van der Waals surface area contributed by atoms with Gasteiger partial charge in [-0.1, -0.05) is 35.0 Å². The van der Waals surface area contributed by atoms with Crippen LogP contribution < -0.4 is 15.0 Å². The first kappa shape index (κ1) is 22.5. The van der Waals surface area contributed by atoms with Crippen LogP contribution in [0.4, 0.5) is 10.5 Å². The van der Waals surface area contributed by atoms with E-state index < -0.39 is 17.8 Å². The molecule has 1 aliphatic heterocycles. The van der Waals surface area contributed by atoms with Gasteiger partial charge in [0.1, 0.15) is 17.9 Å². The van der Waals surface area contributed by atoms with Crippen molar-refractivity contribution in [2.75, 3.05) is 11.5 Å². The van der Waals surface area contributed by atoms with Crippen LogP contribution in [0.25, 0.3) is 6.08 Å². The maximum atomic E-state index is 13.1. The molecule has 0 bridgehead atoms. The molecular weight excluding hydrogens is 486 g/mol. The lowest BCUT2D eigenvalue weighted by molar-refractivity contribution is -0.122. The Morgan fingerprint density at radius 1 is 1.00 bits per heavy atom. The third kappa shape index (κ3) is 5.06. The molecule has 0 atom stereocenters. The highest BCUT2D eigenvalue weighted by Crippen LogP contribution is 2.23. The third-order valence-electron chi connectivity index (χ3n) is 5.28. The monoisotopic (exact) mass is 507 g/mol. The number of hydrogen-bond donors (Lipinski definition) is 1. The number of amides is 4. The second kappa shape index (κ2) is 9.87. The van der Waals surface area contributed by atoms with Crippen LogP contribution in [0, 0.1) is 0 Å². The molecule has 1 aliphatic rings. The van der Waals surface area contributed by atoms with E-state index in [0.717, 1.165) is 27.1 Å². The van der Waals surface area contributed by atoms with Gasteiger partial charge in [-0.2, -0.15) is 0 Å². The van der Waals surface area contributed by atoms with E-state index >= 15 is 0 Å². The van der Waals surface area contributed by atoms with Crippen molar-refractivity contribution < 1.29 is 19.1 Å². The molecule has 1 aromatic heterocycles. The summed E-state index contributed by atoms with van der Waals surface area (Å²) in [5, 5.41) is 2.26. The Morgan fingerprint density at radius 3 is 2.42 bits per heavy atom. The average molecular weight is 508 g/mol. The van der Waals surface area contributed by atoms with Crippen LogP contribution in [0.3, 0.4) is 0 Å². The molecule has 1 saturated heterocycles. The first-order valence-electron chi connectivity index (χ1n) is 10.5. The van der Waals surface area contributed by atoms with Crippen LogP contribution >= 0.6 is 15.9 Å². The molecule has 0 unspecified atom stereocenters. The summed E-state index contributed by atoms with van der Waals surface area (Å²) in [4.78, 5) is 39.0. The topological polar surface area (TPSA) is 80.6 Å². The molecule has 168 valence electrons. The van der Waals surface area contributed by atoms with Crippen LogP contribution in [0.2, 0.25) is 0 Å². The van der Waals surface area contributed by atoms with E-state index in [1.807, 2.05) is 60.2 Å². The van der Waals surface area contributed by atoms with Gasteiger partial charge in [-0.3, -0.25) is 14.9 Å². The maximum absolute atomic E-state index is 13.1. The fourth-order valence-corrected chi connectivity index (χ4v) is 3.74. The summed E-state index contributed by atoms with van der Waals surface area (Å²) in [6.07, 6.45) is 4.18. The Hall–Kier alpha value is -3.65. The lowest BCUT2D eigenvalue weighted by Crippen LogP contribution is -2.54. The van der Waals surface area contributed by atoms with Crippen LogP contribution in [-0.4, -0.2) is 29.0 Å². The van der Waals surface area contributed by atoms with Crippen molar-refractivity contribution in [2.45, 2.75) is 19.9 Å². The highest BCUT2D eigenvalue weighted by molar-refractivity contribution is 9.10. The van der Waals surface area contributed by atoms with E-state index in [2.05, 4.69) is 21.2 Å². The Morgan fingerprint density at radius 2 is 1.73 bits per heavy atom. The van der Waals surface area contributed by atoms with Gasteiger partial charge < -0.3 is 9.30 Å². The molecule has 1 N–H and O–H groups in total. The number of rotatable bonds is 7. The van der Waals surface area contributed by atoms with Crippen LogP contribution in [0.5, 0.6) is 5.75 Å². The maximum Gasteiger partial charge on any atom is 0.335 e. The van der Waals surface area contributed by atoms with Crippen molar-refractivity contribution in [3.05, 3.63) is 88.2 Å². The number of anilines is 1. The van der Waals surface area contributed by atoms with E-state index in [1.165, 1.54) is 6.08 Å². The summed E-state index contributed by atoms with van der Waals surface area (Å²) in [5.41, 5.74) is 2.04. The number of benzene rings is 2. The van der Waals surface area contributed by atoms with Crippen molar-refractivity contribution in [2.24, 2.45) is 0 Å². The number of nitrogens with one attached hydrogen (secondary N) is 1. The van der Waals surface area contributed by atoms with Crippen molar-refractivity contribution in [1.29, 1.82) is 0 Å². The molecule has 3 aromatic rings. The number of nitrogens with zero attached hydrogens (tertiary/aromatic N) is 2. The van der Waals surface area contributed by atoms with Gasteiger partial charge in [0.2, 0.25) is 0 Å². The zero-order chi connectivity index (χ0) is 23.4. The zero-order valence-electron chi connectivity index (χ0n) is 18.0. The van der Waals surface area contributed by atoms with Gasteiger partial charge in [0.25, 0.3) is 11.8 Å². The minimum atomic E-state index is -0.760. The molecular formula is C25H22BrN3O4. The number of aromatic nitrogens is 1. The van der Waals surface area contributed by atoms with Crippen molar-refractivity contribution in [3.63, 3.8) is 0 Å². The van der Waals surface area contributed by atoms with E-state index in [1.54, 1.807) is 18.2 Å². The number of halogens is 1. The number of barbiturate groups is 1. The highest BCUT2D eigenvalue weighted by atomic mass is 79.9. The minimum absolute atomic E-state index is 0.108. The Bertz CT molecular complexity index is 1210. The molecule has 0 radical (unpaired) electrons. The number of carbonyl (C=O) groups excluding carboxylic acids is 3. The minimum Gasteiger partial charge on any atom is -0.492 e. The van der Waals surface area contributed by atoms with Gasteiger partial charge in [0, 0.05) is 16.4 Å². The average Bonchev–Trinajstić information content (AvgIpc) is 3.25. The Balaban J connectivity index is 1.52. The summed E-state index contributed by atoms with van der Waals surface area (Å²) in [6.45, 7) is 2.94. The molecule has 2 aromatic carbocycles. The number of urea groups is 1. The Labute approximate surface area is 199 Å². The van der Waals surface area contributed by atoms with E-state index in [9.17, 15) is 14.4 Å². The molecule has 4 amide bonds. The number of imide groups is 2. The molecule has 8 heteroatoms. The summed E-state index contributed by atoms with van der Waals surface area (Å²) in [5.74, 6) is -0.632. The smallest absolute Gasteiger partial charge is 0.335 e. The number of carbonyl (C=O) groups is 3. The lowest BCUT2D eigenvalue weighted by Gasteiger charge is -2.26. The molecule has 33 heavy (non-hydrogen) atoms. The highest BCUT2D eigenvalue weighted by Gasteiger charge is 2.36. The van der Waals surface area contributed by atoms with Gasteiger partial charge in [0.05, 0.1) is 12.2 Å². The molecule has 0 saturated carbocycles. The predicted octanol–water partition coefficient (Wildman–Crippen LogP) is 4.56. The van der Waals surface area contributed by atoms with Crippen LogP contribution in [0.15, 0.2) is 76.9 Å². The fourth-order valence-electron chi connectivity index (χ4n) is 3.48. The van der Waals surface area contributed by atoms with Gasteiger partial charge >= 0.3 is 6.03 Å². The second-order valence-electron chi connectivity index (χ2n) is 7.41. The van der Waals surface area contributed by atoms with E-state index in [-0.39, 0.29) is 5.57 Å². The summed E-state index contributed by atoms with van der Waals surface area (Å²) < 4.78 is 8.62. The SMILES string of the molecule is CCc1ccc(N2C(=O)NC(=O)/C(=C\c3cccn3CCOc3ccc(Br)cc3)C2=O)cc1. The largest absolute Gasteiger partial charge is 0.492 e. The standard InChI is InChI=1S/C25H22BrN3O4/c1-2-17-5-9-19(10-6-17)29-24(31)22(23(30)27-25(29)32)16-20-4-3-13-28(20)14-15-33-21-11-7-18(26)8-12-21/h3-13,16H,2,14-15H2,1H3,(H,27,30,32)/b22-16+. The first-order chi connectivity index (χ1) is 16.0. The van der Waals surface area contributed by atoms with Crippen molar-refractivity contribution in [3.8, 4) is 5.75 Å². The second-order valence-corrected chi connectivity index (χ2v) is 8.32. The molecule has 4 rings (SSSR count). The van der Waals surface area contributed by atoms with Gasteiger partial charge in [0.15, 0.2) is 0 Å². The Kier molecular flexibility index (Phi) is 6.74. The van der Waals surface area contributed by atoms with Gasteiger partial charge in [-0.25, -0.2) is 9.69 Å². The van der Waals surface area contributed by atoms with Crippen LogP contribution in [0.1, 0.15) is 18.2 Å². The van der Waals surface area contributed by atoms with E-state index in [0.29, 0.717) is 24.5 Å². The van der Waals surface area contributed by atoms with Crippen LogP contribution in [-0.2, 0) is 22.6 Å². The summed E-state index contributed by atoms with van der Waals surface area (Å²) >= 11 is 3.39. The number of aryl methyl sites for hydroxylation is 1. The van der Waals surface area contributed by atoms with E-state index in [4.69, 9.17) is 4.74 Å². The quantitative estimate of drug-likeness (QED) is 0.375. The fraction of sp³-hybridized carbons (Fsp3) is 0.160. The summed E-state index contributed by atoms with van der Waals surface area (Å²) in [6, 6.07) is 17.5. The molecule has 0 spiro atoms. The van der Waals surface area contributed by atoms with Gasteiger partial charge in [-0.05, 0) is 66.6 Å². The number of ether oxygens (including phenoxy) is 1. The number of hydrogen-bond acceptors (Lipinski definition) is 4. The van der Waals surface area contributed by atoms with Crippen molar-refractivity contribution >= 4 is 45.5 Å². The first-order valence-corrected chi connectivity index (χ1v) is 11.3. The third-order valence-corrected chi connectivity index (χ3v) is 5.80. The summed E-state index contributed by atoms with van der Waals surface area (Å²) in [7, 11) is 0. The predicted molar refractivity (Wildman–Crippen MR) is 129 cm³/mol.